The van der Waals surface area contributed by atoms with Crippen LogP contribution in [0.1, 0.15) is 36.4 Å². The Labute approximate surface area is 187 Å². The van der Waals surface area contributed by atoms with E-state index >= 15 is 0 Å². The van der Waals surface area contributed by atoms with Crippen molar-refractivity contribution in [2.75, 3.05) is 13.4 Å². The Kier molecular flexibility index (Phi) is 7.21. The summed E-state index contributed by atoms with van der Waals surface area (Å²) in [5.41, 5.74) is 3.47. The van der Waals surface area contributed by atoms with Crippen molar-refractivity contribution in [3.63, 3.8) is 0 Å². The molecule has 1 amide bonds. The Balaban J connectivity index is 1.56. The van der Waals surface area contributed by atoms with E-state index in [2.05, 4.69) is 23.7 Å². The van der Waals surface area contributed by atoms with Crippen LogP contribution in [0.4, 0.5) is 0 Å². The lowest BCUT2D eigenvalue weighted by Gasteiger charge is -2.12. The summed E-state index contributed by atoms with van der Waals surface area (Å²) < 4.78 is 17.7. The molecule has 0 atom stereocenters. The van der Waals surface area contributed by atoms with Gasteiger partial charge in [0.25, 0.3) is 5.91 Å². The minimum absolute atomic E-state index is 0.154. The van der Waals surface area contributed by atoms with Crippen LogP contribution in [0.15, 0.2) is 29.8 Å². The molecule has 0 radical (unpaired) electrons. The largest absolute Gasteiger partial charge is 0.454 e. The summed E-state index contributed by atoms with van der Waals surface area (Å²) in [5, 5.41) is 12.1. The van der Waals surface area contributed by atoms with E-state index in [9.17, 15) is 14.9 Å². The van der Waals surface area contributed by atoms with Crippen molar-refractivity contribution in [1.82, 2.24) is 9.88 Å². The van der Waals surface area contributed by atoms with Gasteiger partial charge < -0.3 is 24.1 Å². The predicted molar refractivity (Wildman–Crippen MR) is 118 cm³/mol. The Hall–Kier alpha value is -3.73. The number of fused-ring (bicyclic) bond motifs is 1. The maximum Gasteiger partial charge on any atom is 0.349 e. The van der Waals surface area contributed by atoms with Gasteiger partial charge in [0.15, 0.2) is 18.1 Å². The number of benzene rings is 1. The molecule has 0 aliphatic carbocycles. The van der Waals surface area contributed by atoms with Gasteiger partial charge in [0.1, 0.15) is 11.6 Å². The van der Waals surface area contributed by atoms with Crippen molar-refractivity contribution < 1.29 is 23.8 Å². The topological polar surface area (TPSA) is 103 Å². The van der Waals surface area contributed by atoms with E-state index in [-0.39, 0.29) is 18.9 Å². The van der Waals surface area contributed by atoms with Crippen LogP contribution in [-0.2, 0) is 27.4 Å². The monoisotopic (exact) mass is 437 g/mol. The van der Waals surface area contributed by atoms with Gasteiger partial charge in [-0.05, 0) is 55.2 Å². The van der Waals surface area contributed by atoms with Gasteiger partial charge in [-0.25, -0.2) is 4.79 Å². The first-order chi connectivity index (χ1) is 15.3. The summed E-state index contributed by atoms with van der Waals surface area (Å²) in [7, 11) is 0. The van der Waals surface area contributed by atoms with Crippen molar-refractivity contribution in [3.05, 3.63) is 52.4 Å². The van der Waals surface area contributed by atoms with Crippen molar-refractivity contribution in [2.24, 2.45) is 5.92 Å². The van der Waals surface area contributed by atoms with E-state index in [0.29, 0.717) is 17.4 Å². The fourth-order valence-corrected chi connectivity index (χ4v) is 3.42. The molecule has 1 aromatic carbocycles. The Bertz CT molecular complexity index is 1090. The van der Waals surface area contributed by atoms with Crippen molar-refractivity contribution in [2.45, 2.75) is 40.8 Å². The molecule has 0 bridgehead atoms. The lowest BCUT2D eigenvalue weighted by Crippen LogP contribution is -2.28. The second-order valence-corrected chi connectivity index (χ2v) is 8.04. The number of hydrogen-bond acceptors (Lipinski definition) is 6. The van der Waals surface area contributed by atoms with Gasteiger partial charge in [-0.3, -0.25) is 4.79 Å². The third-order valence-electron chi connectivity index (χ3n) is 5.06. The van der Waals surface area contributed by atoms with Gasteiger partial charge in [-0.1, -0.05) is 19.9 Å². The van der Waals surface area contributed by atoms with Crippen molar-refractivity contribution in [3.8, 4) is 17.6 Å². The number of carbonyl (C=O) groups excluding carboxylic acids is 2. The van der Waals surface area contributed by atoms with Crippen LogP contribution in [0.3, 0.4) is 0 Å². The Morgan fingerprint density at radius 1 is 1.25 bits per heavy atom. The first-order valence-corrected chi connectivity index (χ1v) is 10.4. The normalized spacial score (nSPS) is 12.6. The minimum atomic E-state index is -0.834. The van der Waals surface area contributed by atoms with Gasteiger partial charge in [0, 0.05) is 24.5 Å². The molecule has 1 N–H and O–H groups in total. The number of hydrogen-bond donors (Lipinski definition) is 1. The van der Waals surface area contributed by atoms with Crippen LogP contribution < -0.4 is 14.8 Å². The first kappa shape index (κ1) is 22.9. The average Bonchev–Trinajstić information content (AvgIpc) is 3.33. The molecule has 3 rings (SSSR count). The first-order valence-electron chi connectivity index (χ1n) is 10.4. The number of amides is 1. The highest BCUT2D eigenvalue weighted by Gasteiger charge is 2.17. The molecule has 32 heavy (non-hydrogen) atoms. The molecule has 1 aliphatic heterocycles. The number of rotatable bonds is 8. The quantitative estimate of drug-likeness (QED) is 0.386. The van der Waals surface area contributed by atoms with Gasteiger partial charge in [0.2, 0.25) is 6.79 Å². The molecule has 2 aromatic rings. The average molecular weight is 437 g/mol. The smallest absolute Gasteiger partial charge is 0.349 e. The van der Waals surface area contributed by atoms with Crippen LogP contribution in [-0.4, -0.2) is 29.8 Å². The van der Waals surface area contributed by atoms with Crippen LogP contribution in [0.5, 0.6) is 11.5 Å². The van der Waals surface area contributed by atoms with E-state index in [1.165, 1.54) is 6.08 Å². The number of ether oxygens (including phenoxy) is 3. The lowest BCUT2D eigenvalue weighted by molar-refractivity contribution is -0.144. The van der Waals surface area contributed by atoms with E-state index in [1.807, 2.05) is 32.0 Å². The number of nitrogens with zero attached hydrogens (tertiary/aromatic N) is 2. The van der Waals surface area contributed by atoms with Crippen molar-refractivity contribution in [1.29, 1.82) is 5.26 Å². The molecule has 0 spiro atoms. The number of esters is 1. The third-order valence-corrected chi connectivity index (χ3v) is 5.06. The number of nitrogens with one attached hydrogen (secondary N) is 1. The second kappa shape index (κ2) is 10.1. The van der Waals surface area contributed by atoms with Gasteiger partial charge in [-0.15, -0.1) is 0 Å². The number of aromatic nitrogens is 1. The van der Waals surface area contributed by atoms with E-state index in [0.717, 1.165) is 29.1 Å². The summed E-state index contributed by atoms with van der Waals surface area (Å²) in [6, 6.07) is 9.16. The number of carbonyl (C=O) groups is 2. The summed E-state index contributed by atoms with van der Waals surface area (Å²) >= 11 is 0. The maximum absolute atomic E-state index is 12.3. The molecule has 0 saturated heterocycles. The highest BCUT2D eigenvalue weighted by molar-refractivity contribution is 5.99. The molecule has 168 valence electrons. The Morgan fingerprint density at radius 2 is 2.00 bits per heavy atom. The predicted octanol–water partition coefficient (Wildman–Crippen LogP) is 3.26. The van der Waals surface area contributed by atoms with Gasteiger partial charge >= 0.3 is 5.97 Å². The second-order valence-electron chi connectivity index (χ2n) is 8.04. The van der Waals surface area contributed by atoms with E-state index in [4.69, 9.17) is 14.2 Å². The molecule has 1 aromatic heterocycles. The number of aryl methyl sites for hydroxylation is 1. The van der Waals surface area contributed by atoms with E-state index < -0.39 is 18.5 Å². The van der Waals surface area contributed by atoms with Crippen LogP contribution in [0.2, 0.25) is 0 Å². The van der Waals surface area contributed by atoms with Crippen LogP contribution in [0, 0.1) is 31.1 Å². The minimum Gasteiger partial charge on any atom is -0.454 e. The highest BCUT2D eigenvalue weighted by atomic mass is 16.7. The molecule has 8 heteroatoms. The molecular formula is C24H27N3O5. The lowest BCUT2D eigenvalue weighted by atomic mass is 10.1. The number of nitriles is 1. The van der Waals surface area contributed by atoms with E-state index in [1.54, 1.807) is 12.1 Å². The van der Waals surface area contributed by atoms with Gasteiger partial charge in [-0.2, -0.15) is 5.26 Å². The fraction of sp³-hybridized carbons (Fsp3) is 0.375. The maximum atomic E-state index is 12.3. The van der Waals surface area contributed by atoms with Crippen LogP contribution >= 0.6 is 0 Å². The molecule has 2 heterocycles. The van der Waals surface area contributed by atoms with Gasteiger partial charge in [0.05, 0.1) is 0 Å². The summed E-state index contributed by atoms with van der Waals surface area (Å²) in [6.07, 6.45) is 1.51. The standard InChI is InChI=1S/C24H27N3O5/c1-15(2)12-27-16(3)7-19(17(27)4)9-20(10-25)24(29)30-13-23(28)26-11-18-5-6-21-22(8-18)32-14-31-21/h5-9,15H,11-14H2,1-4H3,(H,26,28). The zero-order valence-electron chi connectivity index (χ0n) is 18.7. The van der Waals surface area contributed by atoms with Crippen molar-refractivity contribution >= 4 is 18.0 Å². The molecule has 0 fully saturated rings. The molecule has 0 saturated carbocycles. The molecule has 8 nitrogen and oxygen atoms in total. The highest BCUT2D eigenvalue weighted by Crippen LogP contribution is 2.32. The molecular weight excluding hydrogens is 410 g/mol. The zero-order valence-corrected chi connectivity index (χ0v) is 18.7. The summed E-state index contributed by atoms with van der Waals surface area (Å²) in [5.74, 6) is 0.450. The molecule has 0 unspecified atom stereocenters. The fourth-order valence-electron chi connectivity index (χ4n) is 3.42. The van der Waals surface area contributed by atoms with Crippen LogP contribution in [0.25, 0.3) is 6.08 Å². The Morgan fingerprint density at radius 3 is 2.72 bits per heavy atom. The summed E-state index contributed by atoms with van der Waals surface area (Å²) in [6.45, 7) is 8.99. The summed E-state index contributed by atoms with van der Waals surface area (Å²) in [4.78, 5) is 24.4. The zero-order chi connectivity index (χ0) is 23.3. The molecule has 1 aliphatic rings. The third kappa shape index (κ3) is 5.49. The SMILES string of the molecule is Cc1cc(C=C(C#N)C(=O)OCC(=O)NCc2ccc3c(c2)OCO3)c(C)n1CC(C)C.